The van der Waals surface area contributed by atoms with E-state index >= 15 is 0 Å². The van der Waals surface area contributed by atoms with Crippen molar-refractivity contribution in [1.82, 2.24) is 19.6 Å². The number of hydrogen-bond donors (Lipinski definition) is 1. The molecule has 3 atom stereocenters. The molecule has 1 aliphatic rings. The highest BCUT2D eigenvalue weighted by Gasteiger charge is 2.51. The third-order valence-corrected chi connectivity index (χ3v) is 7.40. The number of rotatable bonds is 11. The molecule has 0 radical (unpaired) electrons. The summed E-state index contributed by atoms with van der Waals surface area (Å²) in [5.74, 6) is 0.573. The van der Waals surface area contributed by atoms with Crippen molar-refractivity contribution < 1.29 is 14.2 Å². The topological polar surface area (TPSA) is 107 Å². The second kappa shape index (κ2) is 14.7. The monoisotopic (exact) mass is 590 g/mol. The molecule has 6 rings (SSSR count). The molecule has 0 saturated carbocycles. The van der Waals surface area contributed by atoms with E-state index in [9.17, 15) is 5.26 Å². The number of fused-ring (bicyclic) bond motifs is 1. The van der Waals surface area contributed by atoms with Crippen LogP contribution in [0.2, 0.25) is 0 Å². The molecule has 1 saturated heterocycles. The van der Waals surface area contributed by atoms with Crippen LogP contribution in [0.1, 0.15) is 48.2 Å². The van der Waals surface area contributed by atoms with Gasteiger partial charge in [-0.05, 0) is 23.6 Å². The summed E-state index contributed by atoms with van der Waals surface area (Å²) in [5, 5.41) is 18.4. The average Bonchev–Trinajstić information content (AvgIpc) is 3.68. The van der Waals surface area contributed by atoms with Crippen LogP contribution in [0.5, 0.6) is 0 Å². The SMILES string of the molecule is CC.Cc1cccc(CNc2ncnn3c(C4(C#N)C[C@H](OCc5ccccc5)C(COCc5ccccc5)O4)cnc23)c1. The number of aryl methyl sites for hydroxylation is 1. The van der Waals surface area contributed by atoms with Gasteiger partial charge in [-0.2, -0.15) is 10.4 Å². The molecule has 3 heterocycles. The molecule has 0 aliphatic carbocycles. The molecular weight excluding hydrogens is 552 g/mol. The maximum Gasteiger partial charge on any atom is 0.200 e. The Morgan fingerprint density at radius 3 is 2.36 bits per heavy atom. The van der Waals surface area contributed by atoms with Gasteiger partial charge in [0.1, 0.15) is 24.2 Å². The van der Waals surface area contributed by atoms with Gasteiger partial charge in [0.15, 0.2) is 11.5 Å². The van der Waals surface area contributed by atoms with Crippen molar-refractivity contribution in [2.75, 3.05) is 11.9 Å². The minimum atomic E-state index is -1.33. The Bertz CT molecular complexity index is 1670. The Kier molecular flexibility index (Phi) is 10.3. The van der Waals surface area contributed by atoms with Gasteiger partial charge in [-0.3, -0.25) is 0 Å². The number of nitrogens with one attached hydrogen (secondary N) is 1. The lowest BCUT2D eigenvalue weighted by atomic mass is 9.96. The van der Waals surface area contributed by atoms with Gasteiger partial charge < -0.3 is 19.5 Å². The zero-order chi connectivity index (χ0) is 30.8. The first-order chi connectivity index (χ1) is 21.6. The summed E-state index contributed by atoms with van der Waals surface area (Å²) in [6, 6.07) is 30.6. The minimum absolute atomic E-state index is 0.271. The van der Waals surface area contributed by atoms with E-state index in [4.69, 9.17) is 14.2 Å². The summed E-state index contributed by atoms with van der Waals surface area (Å²) in [6.07, 6.45) is 2.56. The second-order valence-corrected chi connectivity index (χ2v) is 10.5. The lowest BCUT2D eigenvalue weighted by molar-refractivity contribution is -0.0870. The second-order valence-electron chi connectivity index (χ2n) is 10.5. The summed E-state index contributed by atoms with van der Waals surface area (Å²) in [5.41, 5.74) is 4.14. The van der Waals surface area contributed by atoms with E-state index in [-0.39, 0.29) is 12.7 Å². The van der Waals surface area contributed by atoms with Crippen molar-refractivity contribution in [3.05, 3.63) is 125 Å². The van der Waals surface area contributed by atoms with Gasteiger partial charge in [0.05, 0.1) is 32.1 Å². The fraction of sp³-hybridized carbons (Fsp3) is 0.314. The number of nitriles is 1. The first kappa shape index (κ1) is 30.8. The van der Waals surface area contributed by atoms with Crippen molar-refractivity contribution in [2.45, 2.75) is 64.8 Å². The maximum absolute atomic E-state index is 10.5. The molecule has 2 aromatic heterocycles. The Labute approximate surface area is 258 Å². The van der Waals surface area contributed by atoms with Gasteiger partial charge in [-0.1, -0.05) is 104 Å². The third-order valence-electron chi connectivity index (χ3n) is 7.40. The summed E-state index contributed by atoms with van der Waals surface area (Å²) in [6.45, 7) is 7.74. The fourth-order valence-corrected chi connectivity index (χ4v) is 5.27. The molecule has 1 fully saturated rings. The van der Waals surface area contributed by atoms with Crippen molar-refractivity contribution >= 4 is 11.5 Å². The molecule has 9 nitrogen and oxygen atoms in total. The lowest BCUT2D eigenvalue weighted by Crippen LogP contribution is -2.30. The van der Waals surface area contributed by atoms with Crippen LogP contribution in [-0.4, -0.2) is 38.4 Å². The van der Waals surface area contributed by atoms with E-state index in [0.29, 0.717) is 43.3 Å². The predicted octanol–water partition coefficient (Wildman–Crippen LogP) is 6.38. The normalized spacial score (nSPS) is 19.2. The van der Waals surface area contributed by atoms with Crippen LogP contribution in [-0.2, 0) is 39.6 Å². The number of nitrogens with zero attached hydrogens (tertiary/aromatic N) is 5. The summed E-state index contributed by atoms with van der Waals surface area (Å²) in [7, 11) is 0. The number of aromatic nitrogens is 4. The van der Waals surface area contributed by atoms with Crippen LogP contribution in [0.25, 0.3) is 5.65 Å². The fourth-order valence-electron chi connectivity index (χ4n) is 5.27. The molecule has 44 heavy (non-hydrogen) atoms. The summed E-state index contributed by atoms with van der Waals surface area (Å²) < 4.78 is 20.6. The number of hydrogen-bond acceptors (Lipinski definition) is 8. The first-order valence-electron chi connectivity index (χ1n) is 15.0. The molecule has 2 unspecified atom stereocenters. The van der Waals surface area contributed by atoms with E-state index in [0.717, 1.165) is 16.7 Å². The predicted molar refractivity (Wildman–Crippen MR) is 169 cm³/mol. The molecule has 1 aliphatic heterocycles. The van der Waals surface area contributed by atoms with Crippen LogP contribution >= 0.6 is 0 Å². The Balaban J connectivity index is 0.00000188. The van der Waals surface area contributed by atoms with Gasteiger partial charge in [-0.25, -0.2) is 14.5 Å². The van der Waals surface area contributed by atoms with Crippen molar-refractivity contribution in [1.29, 1.82) is 5.26 Å². The highest BCUT2D eigenvalue weighted by atomic mass is 16.6. The van der Waals surface area contributed by atoms with Crippen molar-refractivity contribution in [3.63, 3.8) is 0 Å². The zero-order valence-corrected chi connectivity index (χ0v) is 25.4. The Morgan fingerprint density at radius 1 is 0.955 bits per heavy atom. The molecule has 1 N–H and O–H groups in total. The van der Waals surface area contributed by atoms with Crippen LogP contribution < -0.4 is 5.32 Å². The van der Waals surface area contributed by atoms with E-state index in [1.807, 2.05) is 80.6 Å². The van der Waals surface area contributed by atoms with Crippen LogP contribution in [0.4, 0.5) is 5.82 Å². The lowest BCUT2D eigenvalue weighted by Gasteiger charge is -2.21. The summed E-state index contributed by atoms with van der Waals surface area (Å²) in [4.78, 5) is 9.02. The number of benzene rings is 3. The van der Waals surface area contributed by atoms with Crippen LogP contribution in [0.3, 0.4) is 0 Å². The molecule has 9 heteroatoms. The van der Waals surface area contributed by atoms with Gasteiger partial charge in [0.2, 0.25) is 5.60 Å². The number of imidazole rings is 1. The highest BCUT2D eigenvalue weighted by Crippen LogP contribution is 2.41. The largest absolute Gasteiger partial charge is 0.374 e. The molecule has 3 aromatic carbocycles. The van der Waals surface area contributed by atoms with Gasteiger partial charge in [-0.15, -0.1) is 0 Å². The van der Waals surface area contributed by atoms with Crippen LogP contribution in [0, 0.1) is 18.3 Å². The summed E-state index contributed by atoms with van der Waals surface area (Å²) >= 11 is 0. The van der Waals surface area contributed by atoms with Crippen molar-refractivity contribution in [3.8, 4) is 6.07 Å². The van der Waals surface area contributed by atoms with Gasteiger partial charge >= 0.3 is 0 Å². The third kappa shape index (κ3) is 7.12. The molecular formula is C35H38N6O3. The molecule has 226 valence electrons. The number of anilines is 1. The zero-order valence-electron chi connectivity index (χ0n) is 25.4. The van der Waals surface area contributed by atoms with Crippen LogP contribution in [0.15, 0.2) is 97.5 Å². The average molecular weight is 591 g/mol. The Hall–Kier alpha value is -4.62. The minimum Gasteiger partial charge on any atom is -0.374 e. The first-order valence-corrected chi connectivity index (χ1v) is 15.0. The Morgan fingerprint density at radius 2 is 1.66 bits per heavy atom. The van der Waals surface area contributed by atoms with E-state index in [1.165, 1.54) is 11.9 Å². The van der Waals surface area contributed by atoms with E-state index in [1.54, 1.807) is 10.7 Å². The molecule has 0 amide bonds. The number of ether oxygens (including phenoxy) is 3. The van der Waals surface area contributed by atoms with Crippen molar-refractivity contribution in [2.24, 2.45) is 0 Å². The maximum atomic E-state index is 10.5. The molecule has 0 spiro atoms. The van der Waals surface area contributed by atoms with E-state index in [2.05, 4.69) is 51.6 Å². The van der Waals surface area contributed by atoms with E-state index < -0.39 is 11.7 Å². The quantitative estimate of drug-likeness (QED) is 0.189. The smallest absolute Gasteiger partial charge is 0.200 e. The molecule has 5 aromatic rings. The van der Waals surface area contributed by atoms with Gasteiger partial charge in [0.25, 0.3) is 0 Å². The van der Waals surface area contributed by atoms with Gasteiger partial charge in [0, 0.05) is 13.0 Å². The standard InChI is InChI=1S/C33H32N6O3.C2H6/c1-24-9-8-14-27(15-24)17-35-31-32-36-18-30(39(32)38-23-37-31)33(22-34)16-28(41-20-26-12-6-3-7-13-26)29(42-33)21-40-19-25-10-4-2-5-11-25;1-2/h2-15,18,23,28-29H,16-17,19-21H2,1H3,(H,35,37,38);1-2H3/t28-,29?,33?;/m0./s1. The molecule has 0 bridgehead atoms. The highest BCUT2D eigenvalue weighted by molar-refractivity contribution is 5.62.